The van der Waals surface area contributed by atoms with Gasteiger partial charge in [0.05, 0.1) is 0 Å². The summed E-state index contributed by atoms with van der Waals surface area (Å²) in [4.78, 5) is 23.5. The van der Waals surface area contributed by atoms with Gasteiger partial charge in [0.1, 0.15) is 17.8 Å². The Balaban J connectivity index is 1.97. The minimum absolute atomic E-state index is 0.0740. The number of carbonyl (C=O) groups excluding carboxylic acids is 2. The highest BCUT2D eigenvalue weighted by Gasteiger charge is 2.40. The monoisotopic (exact) mass is 210 g/mol. The highest BCUT2D eigenvalue weighted by atomic mass is 16.5. The summed E-state index contributed by atoms with van der Waals surface area (Å²) >= 11 is 0. The molecule has 15 heavy (non-hydrogen) atoms. The lowest BCUT2D eigenvalue weighted by Gasteiger charge is -2.21. The normalized spacial score (nSPS) is 32.7. The van der Waals surface area contributed by atoms with Gasteiger partial charge < -0.3 is 4.74 Å². The maximum atomic E-state index is 12.1. The van der Waals surface area contributed by atoms with Crippen LogP contribution < -0.4 is 0 Å². The summed E-state index contributed by atoms with van der Waals surface area (Å²) < 4.78 is 5.03. The zero-order valence-electron chi connectivity index (χ0n) is 9.20. The third-order valence-corrected chi connectivity index (χ3v) is 3.52. The Bertz CT molecular complexity index is 266. The lowest BCUT2D eigenvalue weighted by molar-refractivity contribution is -0.147. The van der Waals surface area contributed by atoms with E-state index in [1.807, 2.05) is 6.92 Å². The second-order valence-corrected chi connectivity index (χ2v) is 4.77. The summed E-state index contributed by atoms with van der Waals surface area (Å²) in [6, 6.07) is 0. The lowest BCUT2D eigenvalue weighted by atomic mass is 9.81. The van der Waals surface area contributed by atoms with E-state index in [0.717, 1.165) is 25.7 Å². The molecule has 1 heterocycles. The topological polar surface area (TPSA) is 43.4 Å². The Morgan fingerprint density at radius 1 is 1.27 bits per heavy atom. The first-order valence-corrected chi connectivity index (χ1v) is 5.92. The van der Waals surface area contributed by atoms with Gasteiger partial charge in [0, 0.05) is 12.3 Å². The molecule has 0 aromatic rings. The molecule has 2 fully saturated rings. The number of rotatable bonds is 2. The number of esters is 1. The van der Waals surface area contributed by atoms with Crippen molar-refractivity contribution >= 4 is 11.8 Å². The molecule has 0 bridgehead atoms. The molecule has 0 spiro atoms. The molecule has 0 aromatic carbocycles. The van der Waals surface area contributed by atoms with Gasteiger partial charge in [-0.3, -0.25) is 9.59 Å². The van der Waals surface area contributed by atoms with Crippen LogP contribution in [0.25, 0.3) is 0 Å². The Morgan fingerprint density at radius 2 is 1.93 bits per heavy atom. The molecule has 0 aromatic heterocycles. The van der Waals surface area contributed by atoms with E-state index in [1.165, 1.54) is 6.42 Å². The van der Waals surface area contributed by atoms with Crippen molar-refractivity contribution in [2.45, 2.75) is 51.6 Å². The Morgan fingerprint density at radius 3 is 2.47 bits per heavy atom. The van der Waals surface area contributed by atoms with E-state index < -0.39 is 5.92 Å². The molecule has 1 aliphatic heterocycles. The Kier molecular flexibility index (Phi) is 3.08. The largest absolute Gasteiger partial charge is 0.462 e. The first kappa shape index (κ1) is 10.7. The van der Waals surface area contributed by atoms with Gasteiger partial charge in [0.15, 0.2) is 0 Å². The van der Waals surface area contributed by atoms with Gasteiger partial charge in [-0.2, -0.15) is 0 Å². The Hall–Kier alpha value is -0.860. The summed E-state index contributed by atoms with van der Waals surface area (Å²) in [6.07, 6.45) is 5.95. The lowest BCUT2D eigenvalue weighted by Crippen LogP contribution is -2.28. The van der Waals surface area contributed by atoms with Crippen molar-refractivity contribution in [1.29, 1.82) is 0 Å². The highest BCUT2D eigenvalue weighted by Crippen LogP contribution is 2.31. The molecule has 0 amide bonds. The van der Waals surface area contributed by atoms with Gasteiger partial charge in [-0.15, -0.1) is 0 Å². The van der Waals surface area contributed by atoms with E-state index in [1.54, 1.807) is 0 Å². The fraction of sp³-hybridized carbons (Fsp3) is 0.833. The van der Waals surface area contributed by atoms with Crippen LogP contribution in [0.2, 0.25) is 0 Å². The maximum Gasteiger partial charge on any atom is 0.316 e. The summed E-state index contributed by atoms with van der Waals surface area (Å²) in [6.45, 7) is 1.85. The molecule has 2 rings (SSSR count). The van der Waals surface area contributed by atoms with Crippen molar-refractivity contribution in [3.63, 3.8) is 0 Å². The number of ether oxygens (including phenoxy) is 1. The smallest absolute Gasteiger partial charge is 0.316 e. The van der Waals surface area contributed by atoms with Crippen molar-refractivity contribution in [3.05, 3.63) is 0 Å². The Labute approximate surface area is 90.2 Å². The molecule has 84 valence electrons. The molecular weight excluding hydrogens is 192 g/mol. The highest BCUT2D eigenvalue weighted by molar-refractivity contribution is 6.01. The number of Topliss-reactive ketones (excluding diaryl/α,β-unsaturated/α-hetero) is 1. The molecule has 2 aliphatic rings. The second kappa shape index (κ2) is 4.33. The predicted molar refractivity (Wildman–Crippen MR) is 55.2 cm³/mol. The molecule has 2 unspecified atom stereocenters. The van der Waals surface area contributed by atoms with E-state index in [0.29, 0.717) is 6.42 Å². The van der Waals surface area contributed by atoms with E-state index in [4.69, 9.17) is 4.74 Å². The van der Waals surface area contributed by atoms with Gasteiger partial charge in [-0.25, -0.2) is 0 Å². The minimum Gasteiger partial charge on any atom is -0.462 e. The van der Waals surface area contributed by atoms with E-state index in [-0.39, 0.29) is 23.8 Å². The van der Waals surface area contributed by atoms with Crippen LogP contribution in [0.1, 0.15) is 45.4 Å². The quantitative estimate of drug-likeness (QED) is 0.517. The van der Waals surface area contributed by atoms with E-state index in [2.05, 4.69) is 0 Å². The molecule has 1 saturated carbocycles. The second-order valence-electron chi connectivity index (χ2n) is 4.77. The first-order chi connectivity index (χ1) is 7.18. The molecule has 0 radical (unpaired) electrons. The molecule has 1 aliphatic carbocycles. The fourth-order valence-corrected chi connectivity index (χ4v) is 2.66. The van der Waals surface area contributed by atoms with Crippen molar-refractivity contribution in [1.82, 2.24) is 0 Å². The summed E-state index contributed by atoms with van der Waals surface area (Å²) in [5.41, 5.74) is 0. The summed E-state index contributed by atoms with van der Waals surface area (Å²) in [5, 5.41) is 0. The van der Waals surface area contributed by atoms with Crippen LogP contribution >= 0.6 is 0 Å². The third kappa shape index (κ3) is 2.21. The fourth-order valence-electron chi connectivity index (χ4n) is 2.66. The number of hydrogen-bond donors (Lipinski definition) is 0. The SMILES string of the molecule is CC1CC(C(=O)C2CCCCC2)C(=O)O1. The summed E-state index contributed by atoms with van der Waals surface area (Å²) in [7, 11) is 0. The number of carbonyl (C=O) groups is 2. The van der Waals surface area contributed by atoms with Crippen LogP contribution in [0, 0.1) is 11.8 Å². The average Bonchev–Trinajstić information content (AvgIpc) is 2.58. The van der Waals surface area contributed by atoms with Gasteiger partial charge >= 0.3 is 5.97 Å². The van der Waals surface area contributed by atoms with Crippen LogP contribution in [0.5, 0.6) is 0 Å². The minimum atomic E-state index is -0.455. The summed E-state index contributed by atoms with van der Waals surface area (Å²) in [5.74, 6) is -0.480. The molecule has 3 heteroatoms. The first-order valence-electron chi connectivity index (χ1n) is 5.92. The molecule has 2 atom stereocenters. The molecule has 0 N–H and O–H groups in total. The number of ketones is 1. The van der Waals surface area contributed by atoms with Gasteiger partial charge in [0.2, 0.25) is 0 Å². The average molecular weight is 210 g/mol. The number of hydrogen-bond acceptors (Lipinski definition) is 3. The van der Waals surface area contributed by atoms with E-state index in [9.17, 15) is 9.59 Å². The molecule has 1 saturated heterocycles. The maximum absolute atomic E-state index is 12.1. The molecular formula is C12H18O3. The zero-order chi connectivity index (χ0) is 10.8. The van der Waals surface area contributed by atoms with Crippen LogP contribution in [0.15, 0.2) is 0 Å². The van der Waals surface area contributed by atoms with Crippen LogP contribution in [0.3, 0.4) is 0 Å². The van der Waals surface area contributed by atoms with Crippen molar-refractivity contribution in [3.8, 4) is 0 Å². The van der Waals surface area contributed by atoms with Crippen molar-refractivity contribution in [2.24, 2.45) is 11.8 Å². The van der Waals surface area contributed by atoms with E-state index >= 15 is 0 Å². The predicted octanol–water partition coefficient (Wildman–Crippen LogP) is 2.09. The van der Waals surface area contributed by atoms with Crippen LogP contribution in [0.4, 0.5) is 0 Å². The van der Waals surface area contributed by atoms with Gasteiger partial charge in [-0.1, -0.05) is 19.3 Å². The van der Waals surface area contributed by atoms with Crippen LogP contribution in [-0.2, 0) is 14.3 Å². The van der Waals surface area contributed by atoms with Crippen molar-refractivity contribution < 1.29 is 14.3 Å². The van der Waals surface area contributed by atoms with Gasteiger partial charge in [0.25, 0.3) is 0 Å². The third-order valence-electron chi connectivity index (χ3n) is 3.52. The van der Waals surface area contributed by atoms with Crippen molar-refractivity contribution in [2.75, 3.05) is 0 Å². The number of cyclic esters (lactones) is 1. The molecule has 3 nitrogen and oxygen atoms in total. The standard InChI is InChI=1S/C12H18O3/c1-8-7-10(12(14)15-8)11(13)9-5-3-2-4-6-9/h8-10H,2-7H2,1H3. The van der Waals surface area contributed by atoms with Gasteiger partial charge in [-0.05, 0) is 19.8 Å². The van der Waals surface area contributed by atoms with Crippen LogP contribution in [-0.4, -0.2) is 17.9 Å². The zero-order valence-corrected chi connectivity index (χ0v) is 9.20.